The predicted octanol–water partition coefficient (Wildman–Crippen LogP) is 0.0249. The van der Waals surface area contributed by atoms with E-state index in [1.54, 1.807) is 0 Å². The summed E-state index contributed by atoms with van der Waals surface area (Å²) in [6.45, 7) is -0.0863. The van der Waals surface area contributed by atoms with Crippen molar-refractivity contribution >= 4 is 6.09 Å². The molecule has 1 aliphatic carbocycles. The van der Waals surface area contributed by atoms with Crippen molar-refractivity contribution in [1.29, 1.82) is 0 Å². The van der Waals surface area contributed by atoms with Crippen molar-refractivity contribution in [3.8, 4) is 0 Å². The van der Waals surface area contributed by atoms with E-state index in [-0.39, 0.29) is 12.6 Å². The molecule has 0 aliphatic heterocycles. The quantitative estimate of drug-likeness (QED) is 0.524. The van der Waals surface area contributed by atoms with Gasteiger partial charge in [-0.25, -0.2) is 4.79 Å². The Hall–Kier alpha value is -0.770. The summed E-state index contributed by atoms with van der Waals surface area (Å²) in [6, 6.07) is -0.238. The standard InChI is InChI=1S/C6H11NO3/c8-3-5(4-1-2-4)7-6(9)10/h4-5,7-8H,1-3H2,(H,9,10). The zero-order chi connectivity index (χ0) is 7.56. The lowest BCUT2D eigenvalue weighted by Gasteiger charge is -2.11. The summed E-state index contributed by atoms with van der Waals surface area (Å²) < 4.78 is 0. The molecule has 1 atom stereocenters. The smallest absolute Gasteiger partial charge is 0.404 e. The number of carboxylic acid groups (broad SMARTS) is 1. The van der Waals surface area contributed by atoms with Crippen LogP contribution in [0.5, 0.6) is 0 Å². The van der Waals surface area contributed by atoms with E-state index in [0.717, 1.165) is 12.8 Å². The van der Waals surface area contributed by atoms with Gasteiger partial charge in [0.15, 0.2) is 0 Å². The molecule has 0 bridgehead atoms. The second-order valence-corrected chi connectivity index (χ2v) is 2.58. The molecule has 3 N–H and O–H groups in total. The summed E-state index contributed by atoms with van der Waals surface area (Å²) in [6.07, 6.45) is 1.02. The van der Waals surface area contributed by atoms with Crippen LogP contribution in [-0.4, -0.2) is 29.0 Å². The molecule has 0 spiro atoms. The van der Waals surface area contributed by atoms with Gasteiger partial charge in [0.1, 0.15) is 0 Å². The van der Waals surface area contributed by atoms with Gasteiger partial charge in [0.2, 0.25) is 0 Å². The molecule has 58 valence electrons. The van der Waals surface area contributed by atoms with E-state index >= 15 is 0 Å². The van der Waals surface area contributed by atoms with Crippen LogP contribution in [0.15, 0.2) is 0 Å². The Morgan fingerprint density at radius 1 is 1.70 bits per heavy atom. The number of hydrogen-bond donors (Lipinski definition) is 3. The molecule has 10 heavy (non-hydrogen) atoms. The highest BCUT2D eigenvalue weighted by atomic mass is 16.4. The van der Waals surface area contributed by atoms with Gasteiger partial charge in [0, 0.05) is 0 Å². The Balaban J connectivity index is 2.25. The molecule has 0 radical (unpaired) electrons. The second-order valence-electron chi connectivity index (χ2n) is 2.58. The van der Waals surface area contributed by atoms with Crippen LogP contribution in [0.3, 0.4) is 0 Å². The van der Waals surface area contributed by atoms with Crippen LogP contribution in [0, 0.1) is 5.92 Å². The summed E-state index contributed by atoms with van der Waals surface area (Å²) in [7, 11) is 0. The highest BCUT2D eigenvalue weighted by Crippen LogP contribution is 2.32. The second kappa shape index (κ2) is 2.88. The third-order valence-electron chi connectivity index (χ3n) is 1.70. The largest absolute Gasteiger partial charge is 0.465 e. The first-order valence-corrected chi connectivity index (χ1v) is 3.34. The fraction of sp³-hybridized carbons (Fsp3) is 0.833. The SMILES string of the molecule is O=C(O)NC(CO)C1CC1. The van der Waals surface area contributed by atoms with E-state index in [2.05, 4.69) is 5.32 Å². The lowest BCUT2D eigenvalue weighted by atomic mass is 10.2. The fourth-order valence-corrected chi connectivity index (χ4v) is 0.970. The Morgan fingerprint density at radius 2 is 2.30 bits per heavy atom. The van der Waals surface area contributed by atoms with Gasteiger partial charge in [-0.05, 0) is 18.8 Å². The van der Waals surface area contributed by atoms with E-state index in [1.807, 2.05) is 0 Å². The summed E-state index contributed by atoms with van der Waals surface area (Å²) in [5.41, 5.74) is 0. The molecule has 0 aromatic rings. The summed E-state index contributed by atoms with van der Waals surface area (Å²) in [5, 5.41) is 19.2. The average Bonchev–Trinajstić information content (AvgIpc) is 2.63. The average molecular weight is 145 g/mol. The number of hydrogen-bond acceptors (Lipinski definition) is 2. The fourth-order valence-electron chi connectivity index (χ4n) is 0.970. The Morgan fingerprint density at radius 3 is 2.60 bits per heavy atom. The van der Waals surface area contributed by atoms with Crippen LogP contribution < -0.4 is 5.32 Å². The van der Waals surface area contributed by atoms with E-state index in [0.29, 0.717) is 5.92 Å². The monoisotopic (exact) mass is 145 g/mol. The lowest BCUT2D eigenvalue weighted by molar-refractivity contribution is 0.173. The number of carbonyl (C=O) groups is 1. The Kier molecular flexibility index (Phi) is 2.11. The summed E-state index contributed by atoms with van der Waals surface area (Å²) >= 11 is 0. The molecule has 4 heteroatoms. The first kappa shape index (κ1) is 7.34. The molecule has 0 aromatic carbocycles. The molecule has 1 saturated carbocycles. The van der Waals surface area contributed by atoms with Crippen LogP contribution in [0.4, 0.5) is 4.79 Å². The van der Waals surface area contributed by atoms with Crippen LogP contribution in [0.25, 0.3) is 0 Å². The number of aliphatic hydroxyl groups is 1. The summed E-state index contributed by atoms with van der Waals surface area (Å²) in [5.74, 6) is 0.376. The zero-order valence-electron chi connectivity index (χ0n) is 5.58. The van der Waals surface area contributed by atoms with Gasteiger partial charge in [0.05, 0.1) is 12.6 Å². The molecule has 4 nitrogen and oxygen atoms in total. The minimum absolute atomic E-state index is 0.0863. The minimum Gasteiger partial charge on any atom is -0.465 e. The molecule has 0 aromatic heterocycles. The van der Waals surface area contributed by atoms with E-state index in [1.165, 1.54) is 0 Å². The van der Waals surface area contributed by atoms with Crippen LogP contribution in [0.1, 0.15) is 12.8 Å². The van der Waals surface area contributed by atoms with Crippen molar-refractivity contribution in [2.75, 3.05) is 6.61 Å². The minimum atomic E-state index is -1.05. The third kappa shape index (κ3) is 1.88. The number of rotatable bonds is 3. The topological polar surface area (TPSA) is 69.6 Å². The molecule has 1 aliphatic rings. The van der Waals surface area contributed by atoms with Gasteiger partial charge in [-0.15, -0.1) is 0 Å². The van der Waals surface area contributed by atoms with Gasteiger partial charge >= 0.3 is 6.09 Å². The molecule has 1 amide bonds. The molecule has 1 unspecified atom stereocenters. The molecular weight excluding hydrogens is 134 g/mol. The molecular formula is C6H11NO3. The maximum absolute atomic E-state index is 10.1. The van der Waals surface area contributed by atoms with Crippen molar-refractivity contribution in [2.24, 2.45) is 5.92 Å². The van der Waals surface area contributed by atoms with Gasteiger partial charge in [0.25, 0.3) is 0 Å². The molecule has 1 rings (SSSR count). The zero-order valence-corrected chi connectivity index (χ0v) is 5.58. The van der Waals surface area contributed by atoms with Crippen molar-refractivity contribution < 1.29 is 15.0 Å². The highest BCUT2D eigenvalue weighted by Gasteiger charge is 2.31. The Bertz CT molecular complexity index is 133. The normalized spacial score (nSPS) is 20.1. The van der Waals surface area contributed by atoms with Crippen LogP contribution in [0.2, 0.25) is 0 Å². The van der Waals surface area contributed by atoms with Gasteiger partial charge in [-0.1, -0.05) is 0 Å². The summed E-state index contributed by atoms with van der Waals surface area (Å²) in [4.78, 5) is 10.1. The third-order valence-corrected chi connectivity index (χ3v) is 1.70. The van der Waals surface area contributed by atoms with Crippen molar-refractivity contribution in [3.05, 3.63) is 0 Å². The van der Waals surface area contributed by atoms with Gasteiger partial charge in [-0.3, -0.25) is 0 Å². The lowest BCUT2D eigenvalue weighted by Crippen LogP contribution is -2.37. The number of aliphatic hydroxyl groups excluding tert-OH is 1. The van der Waals surface area contributed by atoms with Crippen molar-refractivity contribution in [3.63, 3.8) is 0 Å². The maximum atomic E-state index is 10.1. The highest BCUT2D eigenvalue weighted by molar-refractivity contribution is 5.64. The van der Waals surface area contributed by atoms with Crippen LogP contribution >= 0.6 is 0 Å². The predicted molar refractivity (Wildman–Crippen MR) is 34.8 cm³/mol. The van der Waals surface area contributed by atoms with Crippen molar-refractivity contribution in [2.45, 2.75) is 18.9 Å². The Labute approximate surface area is 58.9 Å². The van der Waals surface area contributed by atoms with E-state index in [4.69, 9.17) is 10.2 Å². The molecule has 1 fully saturated rings. The van der Waals surface area contributed by atoms with Crippen molar-refractivity contribution in [1.82, 2.24) is 5.32 Å². The first-order valence-electron chi connectivity index (χ1n) is 3.34. The first-order chi connectivity index (χ1) is 4.74. The number of nitrogens with one attached hydrogen (secondary N) is 1. The molecule has 0 heterocycles. The van der Waals surface area contributed by atoms with Gasteiger partial charge in [-0.2, -0.15) is 0 Å². The molecule has 0 saturated heterocycles. The van der Waals surface area contributed by atoms with Gasteiger partial charge < -0.3 is 15.5 Å². The van der Waals surface area contributed by atoms with E-state index < -0.39 is 6.09 Å². The maximum Gasteiger partial charge on any atom is 0.404 e. The van der Waals surface area contributed by atoms with Crippen LogP contribution in [-0.2, 0) is 0 Å². The number of amides is 1. The van der Waals surface area contributed by atoms with E-state index in [9.17, 15) is 4.79 Å².